The van der Waals surface area contributed by atoms with Gasteiger partial charge in [-0.3, -0.25) is 0 Å². The number of rotatable bonds is 5. The molecule has 0 bridgehead atoms. The molecule has 1 fully saturated rings. The van der Waals surface area contributed by atoms with E-state index in [1.165, 1.54) is 17.7 Å². The quantitative estimate of drug-likeness (QED) is 0.748. The lowest BCUT2D eigenvalue weighted by atomic mass is 9.83. The fourth-order valence-electron chi connectivity index (χ4n) is 2.01. The molecule has 0 spiro atoms. The Morgan fingerprint density at radius 2 is 2.17 bits per heavy atom. The molecule has 0 radical (unpaired) electrons. The van der Waals surface area contributed by atoms with Crippen LogP contribution in [-0.4, -0.2) is 30.2 Å². The van der Waals surface area contributed by atoms with Crippen molar-refractivity contribution in [3.8, 4) is 0 Å². The summed E-state index contributed by atoms with van der Waals surface area (Å²) in [7, 11) is 0. The van der Waals surface area contributed by atoms with E-state index in [0.717, 1.165) is 17.8 Å². The van der Waals surface area contributed by atoms with E-state index in [-0.39, 0.29) is 0 Å². The van der Waals surface area contributed by atoms with Gasteiger partial charge in [0, 0.05) is 12.1 Å². The van der Waals surface area contributed by atoms with Crippen molar-refractivity contribution in [1.82, 2.24) is 4.98 Å². The molecule has 1 aromatic heterocycles. The van der Waals surface area contributed by atoms with Gasteiger partial charge in [0.15, 0.2) is 0 Å². The molecule has 102 valence electrons. The minimum absolute atomic E-state index is 0.613. The average Bonchev–Trinajstić information content (AvgIpc) is 2.36. The van der Waals surface area contributed by atoms with E-state index in [0.29, 0.717) is 11.8 Å². The number of pyridine rings is 1. The molecule has 1 atom stereocenters. The number of ether oxygens (including phenoxy) is 1. The molecule has 18 heavy (non-hydrogen) atoms. The largest absolute Gasteiger partial charge is 0.381 e. The van der Waals surface area contributed by atoms with Crippen LogP contribution in [0.5, 0.6) is 0 Å². The Labute approximate surface area is 123 Å². The monoisotopic (exact) mass is 331 g/mol. The molecule has 2 rings (SSSR count). The molecular weight excluding hydrogens is 310 g/mol. The third-order valence-corrected chi connectivity index (χ3v) is 4.16. The van der Waals surface area contributed by atoms with Crippen LogP contribution in [0.4, 0.5) is 0 Å². The zero-order valence-corrected chi connectivity index (χ0v) is 13.8. The average molecular weight is 332 g/mol. The minimum Gasteiger partial charge on any atom is -0.381 e. The Hall–Kier alpha value is -0.0600. The van der Waals surface area contributed by atoms with Crippen LogP contribution >= 0.6 is 27.7 Å². The van der Waals surface area contributed by atoms with Crippen molar-refractivity contribution >= 4 is 27.7 Å². The molecule has 1 saturated heterocycles. The smallest absolute Gasteiger partial charge is 0.106 e. The summed E-state index contributed by atoms with van der Waals surface area (Å²) < 4.78 is 6.21. The SMILES string of the molecule is CC.CSCCC(c1ccc(Br)nc1)C1COC1. The van der Waals surface area contributed by atoms with E-state index in [9.17, 15) is 0 Å². The summed E-state index contributed by atoms with van der Waals surface area (Å²) in [5.74, 6) is 2.51. The molecule has 1 aliphatic heterocycles. The zero-order valence-electron chi connectivity index (χ0n) is 11.4. The van der Waals surface area contributed by atoms with Crippen LogP contribution in [0.25, 0.3) is 0 Å². The molecule has 4 heteroatoms. The highest BCUT2D eigenvalue weighted by Crippen LogP contribution is 2.33. The highest BCUT2D eigenvalue weighted by molar-refractivity contribution is 9.10. The van der Waals surface area contributed by atoms with Gasteiger partial charge in [-0.2, -0.15) is 11.8 Å². The van der Waals surface area contributed by atoms with Crippen LogP contribution in [0.3, 0.4) is 0 Å². The molecule has 1 aromatic rings. The third-order valence-electron chi connectivity index (χ3n) is 3.04. The Morgan fingerprint density at radius 3 is 2.61 bits per heavy atom. The highest BCUT2D eigenvalue weighted by atomic mass is 79.9. The van der Waals surface area contributed by atoms with Crippen molar-refractivity contribution < 1.29 is 4.74 Å². The second-order valence-corrected chi connectivity index (χ2v) is 5.90. The van der Waals surface area contributed by atoms with E-state index in [1.807, 2.05) is 37.9 Å². The zero-order chi connectivity index (χ0) is 13.4. The van der Waals surface area contributed by atoms with Crippen LogP contribution in [-0.2, 0) is 4.74 Å². The van der Waals surface area contributed by atoms with Gasteiger partial charge in [-0.15, -0.1) is 0 Å². The first kappa shape index (κ1) is 16.0. The molecule has 0 saturated carbocycles. The van der Waals surface area contributed by atoms with Crippen LogP contribution < -0.4 is 0 Å². The number of aromatic nitrogens is 1. The molecule has 0 aliphatic carbocycles. The Bertz CT molecular complexity index is 327. The summed E-state index contributed by atoms with van der Waals surface area (Å²) >= 11 is 5.28. The second kappa shape index (κ2) is 8.94. The predicted molar refractivity (Wildman–Crippen MR) is 83.3 cm³/mol. The lowest BCUT2D eigenvalue weighted by molar-refractivity contribution is -0.0454. The first-order chi connectivity index (χ1) is 8.81. The lowest BCUT2D eigenvalue weighted by Gasteiger charge is -2.34. The predicted octanol–water partition coefficient (Wildman–Crippen LogP) is 4.35. The summed E-state index contributed by atoms with van der Waals surface area (Å²) in [6, 6.07) is 4.21. The fourth-order valence-corrected chi connectivity index (χ4v) is 2.74. The molecular formula is C14H22BrNOS. The van der Waals surface area contributed by atoms with Crippen LogP contribution in [0.1, 0.15) is 31.7 Å². The molecule has 0 N–H and O–H groups in total. The van der Waals surface area contributed by atoms with E-state index in [4.69, 9.17) is 4.74 Å². The van der Waals surface area contributed by atoms with E-state index < -0.39 is 0 Å². The number of hydrogen-bond acceptors (Lipinski definition) is 3. The summed E-state index contributed by atoms with van der Waals surface area (Å²) in [5.41, 5.74) is 1.35. The molecule has 1 aliphatic rings. The van der Waals surface area contributed by atoms with Crippen molar-refractivity contribution in [1.29, 1.82) is 0 Å². The first-order valence-corrected chi connectivity index (χ1v) is 8.68. The third kappa shape index (κ3) is 4.56. The van der Waals surface area contributed by atoms with Crippen molar-refractivity contribution in [3.63, 3.8) is 0 Å². The van der Waals surface area contributed by atoms with Gasteiger partial charge in [0.25, 0.3) is 0 Å². The van der Waals surface area contributed by atoms with Crippen molar-refractivity contribution in [3.05, 3.63) is 28.5 Å². The van der Waals surface area contributed by atoms with Crippen molar-refractivity contribution in [2.24, 2.45) is 5.92 Å². The maximum absolute atomic E-state index is 5.30. The van der Waals surface area contributed by atoms with Gasteiger partial charge in [-0.25, -0.2) is 4.98 Å². The number of nitrogens with zero attached hydrogens (tertiary/aromatic N) is 1. The van der Waals surface area contributed by atoms with Crippen molar-refractivity contribution in [2.45, 2.75) is 26.2 Å². The fraction of sp³-hybridized carbons (Fsp3) is 0.643. The van der Waals surface area contributed by atoms with E-state index in [2.05, 4.69) is 33.2 Å². The maximum Gasteiger partial charge on any atom is 0.106 e. The minimum atomic E-state index is 0.613. The standard InChI is InChI=1S/C12H16BrNOS.C2H6/c1-16-5-4-11(10-7-15-8-10)9-2-3-12(13)14-6-9;1-2/h2-3,6,10-11H,4-5,7-8H2,1H3;1-2H3. The Morgan fingerprint density at radius 1 is 1.44 bits per heavy atom. The second-order valence-electron chi connectivity index (χ2n) is 4.10. The van der Waals surface area contributed by atoms with Crippen LogP contribution in [0.15, 0.2) is 22.9 Å². The maximum atomic E-state index is 5.30. The van der Waals surface area contributed by atoms with Crippen LogP contribution in [0.2, 0.25) is 0 Å². The molecule has 2 heterocycles. The van der Waals surface area contributed by atoms with E-state index >= 15 is 0 Å². The van der Waals surface area contributed by atoms with Gasteiger partial charge in [-0.05, 0) is 51.9 Å². The summed E-state index contributed by atoms with van der Waals surface area (Å²) in [5, 5.41) is 0. The van der Waals surface area contributed by atoms with Crippen LogP contribution in [0, 0.1) is 5.92 Å². The highest BCUT2D eigenvalue weighted by Gasteiger charge is 2.29. The van der Waals surface area contributed by atoms with Gasteiger partial charge in [0.05, 0.1) is 13.2 Å². The Balaban J connectivity index is 0.000000771. The molecule has 2 nitrogen and oxygen atoms in total. The summed E-state index contributed by atoms with van der Waals surface area (Å²) in [6.07, 6.45) is 5.38. The summed E-state index contributed by atoms with van der Waals surface area (Å²) in [4.78, 5) is 4.32. The molecule has 0 amide bonds. The van der Waals surface area contributed by atoms with E-state index in [1.54, 1.807) is 0 Å². The normalized spacial score (nSPS) is 16.4. The van der Waals surface area contributed by atoms with Gasteiger partial charge in [0.1, 0.15) is 4.60 Å². The van der Waals surface area contributed by atoms with Crippen molar-refractivity contribution in [2.75, 3.05) is 25.2 Å². The number of halogens is 1. The first-order valence-electron chi connectivity index (χ1n) is 6.49. The van der Waals surface area contributed by atoms with Gasteiger partial charge in [-0.1, -0.05) is 19.9 Å². The summed E-state index contributed by atoms with van der Waals surface area (Å²) in [6.45, 7) is 5.82. The Kier molecular flexibility index (Phi) is 7.95. The number of thioether (sulfide) groups is 1. The van der Waals surface area contributed by atoms with Gasteiger partial charge < -0.3 is 4.74 Å². The van der Waals surface area contributed by atoms with Gasteiger partial charge in [0.2, 0.25) is 0 Å². The molecule has 1 unspecified atom stereocenters. The van der Waals surface area contributed by atoms with Gasteiger partial charge >= 0.3 is 0 Å². The molecule has 0 aromatic carbocycles. The lowest BCUT2D eigenvalue weighted by Crippen LogP contribution is -2.33. The number of hydrogen-bond donors (Lipinski definition) is 0. The topological polar surface area (TPSA) is 22.1 Å².